The molecular formula is C19H23NO3. The van der Waals surface area contributed by atoms with Crippen molar-refractivity contribution in [1.29, 1.82) is 0 Å². The third-order valence-electron chi connectivity index (χ3n) is 3.84. The van der Waals surface area contributed by atoms with Crippen molar-refractivity contribution in [1.82, 2.24) is 5.32 Å². The van der Waals surface area contributed by atoms with Gasteiger partial charge in [-0.15, -0.1) is 0 Å². The smallest absolute Gasteiger partial charge is 0.328 e. The van der Waals surface area contributed by atoms with Crippen LogP contribution in [-0.2, 0) is 9.53 Å². The van der Waals surface area contributed by atoms with E-state index in [1.807, 2.05) is 36.4 Å². The van der Waals surface area contributed by atoms with Gasteiger partial charge in [0.05, 0.1) is 7.11 Å². The predicted octanol–water partition coefficient (Wildman–Crippen LogP) is 3.55. The van der Waals surface area contributed by atoms with E-state index in [4.69, 9.17) is 4.74 Å². The van der Waals surface area contributed by atoms with E-state index >= 15 is 0 Å². The number of rotatable bonds is 6. The highest BCUT2D eigenvalue weighted by atomic mass is 16.5. The largest absolute Gasteiger partial charge is 0.467 e. The van der Waals surface area contributed by atoms with Gasteiger partial charge in [0.25, 0.3) is 5.91 Å². The van der Waals surface area contributed by atoms with E-state index in [1.165, 1.54) is 7.11 Å². The highest BCUT2D eigenvalue weighted by molar-refractivity contribution is 6.00. The molecule has 2 aromatic rings. The maximum absolute atomic E-state index is 12.4. The topological polar surface area (TPSA) is 55.4 Å². The highest BCUT2D eigenvalue weighted by Gasteiger charge is 2.22. The Morgan fingerprint density at radius 1 is 1.04 bits per heavy atom. The molecule has 2 aromatic carbocycles. The molecule has 1 amide bonds. The Labute approximate surface area is 136 Å². The zero-order chi connectivity index (χ0) is 16.8. The Kier molecular flexibility index (Phi) is 5.74. The number of methoxy groups -OCH3 is 1. The maximum atomic E-state index is 12.4. The third kappa shape index (κ3) is 4.55. The molecule has 122 valence electrons. The van der Waals surface area contributed by atoms with Crippen LogP contribution in [0.2, 0.25) is 0 Å². The van der Waals surface area contributed by atoms with E-state index in [2.05, 4.69) is 19.2 Å². The summed E-state index contributed by atoms with van der Waals surface area (Å²) in [6.07, 6.45) is 1.42. The highest BCUT2D eigenvalue weighted by Crippen LogP contribution is 2.16. The van der Waals surface area contributed by atoms with Crippen LogP contribution in [0.5, 0.6) is 0 Å². The lowest BCUT2D eigenvalue weighted by atomic mass is 10.0. The maximum Gasteiger partial charge on any atom is 0.328 e. The number of nitrogens with one attached hydrogen (secondary N) is 1. The first-order valence-electron chi connectivity index (χ1n) is 7.88. The van der Waals surface area contributed by atoms with E-state index in [0.717, 1.165) is 17.2 Å². The molecule has 0 saturated heterocycles. The summed E-state index contributed by atoms with van der Waals surface area (Å²) >= 11 is 0. The Balaban J connectivity index is 2.14. The van der Waals surface area contributed by atoms with Crippen molar-refractivity contribution in [2.75, 3.05) is 7.11 Å². The third-order valence-corrected chi connectivity index (χ3v) is 3.84. The van der Waals surface area contributed by atoms with Gasteiger partial charge in [-0.25, -0.2) is 4.79 Å². The molecule has 0 unspecified atom stereocenters. The summed E-state index contributed by atoms with van der Waals surface area (Å²) in [4.78, 5) is 24.3. The van der Waals surface area contributed by atoms with Crippen LogP contribution in [0.4, 0.5) is 0 Å². The number of carbonyl (C=O) groups excluding carboxylic acids is 2. The van der Waals surface area contributed by atoms with Crippen molar-refractivity contribution >= 4 is 22.6 Å². The summed E-state index contributed by atoms with van der Waals surface area (Å²) in [6, 6.07) is 12.8. The van der Waals surface area contributed by atoms with Gasteiger partial charge in [-0.05, 0) is 41.7 Å². The SMILES string of the molecule is COC(=O)[C@@H](CCC(C)C)NC(=O)c1ccc2ccccc2c1. The second kappa shape index (κ2) is 7.77. The Hall–Kier alpha value is -2.36. The number of hydrogen-bond acceptors (Lipinski definition) is 3. The molecule has 0 aromatic heterocycles. The van der Waals surface area contributed by atoms with E-state index in [1.54, 1.807) is 6.07 Å². The first kappa shape index (κ1) is 17.0. The van der Waals surface area contributed by atoms with Crippen molar-refractivity contribution in [3.8, 4) is 0 Å². The molecule has 0 aliphatic carbocycles. The van der Waals surface area contributed by atoms with Crippen LogP contribution in [0, 0.1) is 5.92 Å². The molecular weight excluding hydrogens is 290 g/mol. The second-order valence-electron chi connectivity index (χ2n) is 6.08. The number of amides is 1. The van der Waals surface area contributed by atoms with Crippen molar-refractivity contribution in [2.24, 2.45) is 5.92 Å². The molecule has 23 heavy (non-hydrogen) atoms. The summed E-state index contributed by atoms with van der Waals surface area (Å²) in [5.74, 6) is -0.200. The Morgan fingerprint density at radius 2 is 1.74 bits per heavy atom. The number of carbonyl (C=O) groups is 2. The zero-order valence-electron chi connectivity index (χ0n) is 13.8. The molecule has 0 heterocycles. The van der Waals surface area contributed by atoms with Gasteiger partial charge in [-0.1, -0.05) is 44.2 Å². The summed E-state index contributed by atoms with van der Waals surface area (Å²) < 4.78 is 4.80. The normalized spacial score (nSPS) is 12.2. The van der Waals surface area contributed by atoms with Crippen molar-refractivity contribution in [2.45, 2.75) is 32.7 Å². The minimum atomic E-state index is -0.610. The molecule has 0 saturated carbocycles. The average Bonchev–Trinajstić information content (AvgIpc) is 2.57. The molecule has 2 rings (SSSR count). The predicted molar refractivity (Wildman–Crippen MR) is 91.3 cm³/mol. The lowest BCUT2D eigenvalue weighted by Crippen LogP contribution is -2.41. The van der Waals surface area contributed by atoms with E-state index in [0.29, 0.717) is 17.9 Å². The first-order valence-corrected chi connectivity index (χ1v) is 7.88. The summed E-state index contributed by atoms with van der Waals surface area (Å²) in [5.41, 5.74) is 0.544. The second-order valence-corrected chi connectivity index (χ2v) is 6.08. The number of ether oxygens (including phenoxy) is 1. The van der Waals surface area contributed by atoms with Gasteiger partial charge in [0.1, 0.15) is 6.04 Å². The molecule has 4 heteroatoms. The summed E-state index contributed by atoms with van der Waals surface area (Å²) in [7, 11) is 1.34. The molecule has 0 spiro atoms. The lowest BCUT2D eigenvalue weighted by Gasteiger charge is -2.17. The van der Waals surface area contributed by atoms with Crippen molar-refractivity contribution in [3.63, 3.8) is 0 Å². The van der Waals surface area contributed by atoms with Crippen LogP contribution in [0.3, 0.4) is 0 Å². The van der Waals surface area contributed by atoms with E-state index in [9.17, 15) is 9.59 Å². The fourth-order valence-electron chi connectivity index (χ4n) is 2.46. The molecule has 0 bridgehead atoms. The number of hydrogen-bond donors (Lipinski definition) is 1. The molecule has 1 N–H and O–H groups in total. The Morgan fingerprint density at radius 3 is 2.39 bits per heavy atom. The monoisotopic (exact) mass is 313 g/mol. The lowest BCUT2D eigenvalue weighted by molar-refractivity contribution is -0.143. The number of esters is 1. The number of benzene rings is 2. The molecule has 0 radical (unpaired) electrons. The van der Waals surface area contributed by atoms with Gasteiger partial charge in [-0.2, -0.15) is 0 Å². The van der Waals surface area contributed by atoms with Crippen LogP contribution >= 0.6 is 0 Å². The van der Waals surface area contributed by atoms with Gasteiger partial charge >= 0.3 is 5.97 Å². The van der Waals surface area contributed by atoms with Gasteiger partial charge in [0.2, 0.25) is 0 Å². The molecule has 0 aliphatic rings. The van der Waals surface area contributed by atoms with Crippen LogP contribution in [-0.4, -0.2) is 25.0 Å². The van der Waals surface area contributed by atoms with Gasteiger partial charge in [-0.3, -0.25) is 4.79 Å². The quantitative estimate of drug-likeness (QED) is 0.830. The van der Waals surface area contributed by atoms with E-state index in [-0.39, 0.29) is 5.91 Å². The molecule has 0 fully saturated rings. The van der Waals surface area contributed by atoms with Crippen LogP contribution in [0.25, 0.3) is 10.8 Å². The molecule has 0 aliphatic heterocycles. The van der Waals surface area contributed by atoms with Gasteiger partial charge in [0.15, 0.2) is 0 Å². The Bertz CT molecular complexity index is 694. The van der Waals surface area contributed by atoms with Crippen LogP contribution in [0.15, 0.2) is 42.5 Å². The summed E-state index contributed by atoms with van der Waals surface area (Å²) in [5, 5.41) is 4.86. The fourth-order valence-corrected chi connectivity index (χ4v) is 2.46. The minimum absolute atomic E-state index is 0.255. The summed E-state index contributed by atoms with van der Waals surface area (Å²) in [6.45, 7) is 4.17. The van der Waals surface area contributed by atoms with Crippen molar-refractivity contribution < 1.29 is 14.3 Å². The number of fused-ring (bicyclic) bond motifs is 1. The van der Waals surface area contributed by atoms with Crippen LogP contribution in [0.1, 0.15) is 37.0 Å². The average molecular weight is 313 g/mol. The molecule has 4 nitrogen and oxygen atoms in total. The minimum Gasteiger partial charge on any atom is -0.467 e. The fraction of sp³-hybridized carbons (Fsp3) is 0.368. The van der Waals surface area contributed by atoms with Crippen LogP contribution < -0.4 is 5.32 Å². The first-order chi connectivity index (χ1) is 11.0. The van der Waals surface area contributed by atoms with Gasteiger partial charge in [0, 0.05) is 5.56 Å². The zero-order valence-corrected chi connectivity index (χ0v) is 13.8. The van der Waals surface area contributed by atoms with E-state index < -0.39 is 12.0 Å². The van der Waals surface area contributed by atoms with Crippen molar-refractivity contribution in [3.05, 3.63) is 48.0 Å². The standard InChI is InChI=1S/C19H23NO3/c1-13(2)8-11-17(19(22)23-3)20-18(21)16-10-9-14-6-4-5-7-15(14)12-16/h4-7,9-10,12-13,17H,8,11H2,1-3H3,(H,20,21)/t17-/m1/s1. The molecule has 1 atom stereocenters. The van der Waals surface area contributed by atoms with Gasteiger partial charge < -0.3 is 10.1 Å².